The number of hydrogen-bond acceptors (Lipinski definition) is 7. The summed E-state index contributed by atoms with van der Waals surface area (Å²) in [6.45, 7) is 13.1. The summed E-state index contributed by atoms with van der Waals surface area (Å²) in [6, 6.07) is 23.2. The molecule has 7 nitrogen and oxygen atoms in total. The second-order valence-electron chi connectivity index (χ2n) is 13.4. The number of hydrogen-bond donors (Lipinski definition) is 1. The van der Waals surface area contributed by atoms with Gasteiger partial charge in [-0.3, -0.25) is 9.88 Å². The predicted octanol–water partition coefficient (Wildman–Crippen LogP) is 8.41. The van der Waals surface area contributed by atoms with Crippen molar-refractivity contribution >= 4 is 22.3 Å². The summed E-state index contributed by atoms with van der Waals surface area (Å²) in [5, 5.41) is 4.35. The Balaban J connectivity index is 1.05. The number of piperidine rings is 2. The van der Waals surface area contributed by atoms with Crippen LogP contribution < -0.4 is 19.5 Å². The number of benzene rings is 3. The molecule has 3 heterocycles. The van der Waals surface area contributed by atoms with E-state index in [1.165, 1.54) is 50.8 Å². The van der Waals surface area contributed by atoms with E-state index in [9.17, 15) is 0 Å². The first-order valence-electron chi connectivity index (χ1n) is 16.6. The lowest BCUT2D eigenvalue weighted by molar-refractivity contribution is 0.0855. The molecule has 0 atom stereocenters. The molecule has 6 rings (SSSR count). The Morgan fingerprint density at radius 1 is 0.800 bits per heavy atom. The lowest BCUT2D eigenvalue weighted by Crippen LogP contribution is -2.47. The predicted molar refractivity (Wildman–Crippen MR) is 184 cm³/mol. The van der Waals surface area contributed by atoms with Gasteiger partial charge in [0.25, 0.3) is 0 Å². The van der Waals surface area contributed by atoms with Crippen LogP contribution >= 0.6 is 0 Å². The Hall–Kier alpha value is -3.81. The van der Waals surface area contributed by atoms with Crippen molar-refractivity contribution in [2.24, 2.45) is 0 Å². The number of aromatic nitrogens is 1. The lowest BCUT2D eigenvalue weighted by Gasteiger charge is -2.40. The molecule has 2 saturated heterocycles. The fourth-order valence-electron chi connectivity index (χ4n) is 6.52. The standard InChI is InChI=1S/C38H48N4O3/c1-38(2,3)28-8-10-29(11-9-28)40-30-12-14-32(15-13-30)45-35-16-19-39-34-27-37(36(43-4)26-33(34)35)44-25-24-41-22-17-31(18-23-41)42-20-6-5-7-21-42/h8-16,19,26-27,31,40H,5-7,17-18,20-25H2,1-4H3. The number of ether oxygens (including phenoxy) is 3. The van der Waals surface area contributed by atoms with Gasteiger partial charge in [0.2, 0.25) is 0 Å². The molecular formula is C38H48N4O3. The maximum Gasteiger partial charge on any atom is 0.163 e. The summed E-state index contributed by atoms with van der Waals surface area (Å²) in [5.74, 6) is 2.87. The van der Waals surface area contributed by atoms with Crippen LogP contribution in [0.1, 0.15) is 58.4 Å². The molecule has 0 aliphatic carbocycles. The number of pyridine rings is 1. The normalized spacial score (nSPS) is 16.9. The van der Waals surface area contributed by atoms with Gasteiger partial charge >= 0.3 is 0 Å². The number of anilines is 2. The second kappa shape index (κ2) is 14.1. The van der Waals surface area contributed by atoms with E-state index >= 15 is 0 Å². The Morgan fingerprint density at radius 3 is 2.16 bits per heavy atom. The summed E-state index contributed by atoms with van der Waals surface area (Å²) in [6.07, 6.45) is 8.42. The number of methoxy groups -OCH3 is 1. The van der Waals surface area contributed by atoms with Crippen LogP contribution in [0.15, 0.2) is 72.9 Å². The van der Waals surface area contributed by atoms with Crippen molar-refractivity contribution in [2.45, 2.75) is 64.3 Å². The molecule has 0 bridgehead atoms. The summed E-state index contributed by atoms with van der Waals surface area (Å²) in [7, 11) is 1.68. The zero-order chi connectivity index (χ0) is 31.2. The molecule has 0 unspecified atom stereocenters. The van der Waals surface area contributed by atoms with Gasteiger partial charge in [-0.05, 0) is 111 Å². The molecule has 2 aliphatic rings. The zero-order valence-electron chi connectivity index (χ0n) is 27.4. The van der Waals surface area contributed by atoms with E-state index in [-0.39, 0.29) is 5.41 Å². The summed E-state index contributed by atoms with van der Waals surface area (Å²) >= 11 is 0. The third-order valence-electron chi connectivity index (χ3n) is 9.24. The number of likely N-dealkylation sites (tertiary alicyclic amines) is 2. The molecule has 45 heavy (non-hydrogen) atoms. The molecule has 4 aromatic rings. The Bertz CT molecular complexity index is 1530. The van der Waals surface area contributed by atoms with Crippen LogP contribution in [0.5, 0.6) is 23.0 Å². The van der Waals surface area contributed by atoms with E-state index in [4.69, 9.17) is 14.2 Å². The van der Waals surface area contributed by atoms with Crippen molar-refractivity contribution in [3.8, 4) is 23.0 Å². The molecule has 238 valence electrons. The van der Waals surface area contributed by atoms with Gasteiger partial charge in [-0.1, -0.05) is 39.3 Å². The van der Waals surface area contributed by atoms with Crippen molar-refractivity contribution in [2.75, 3.05) is 51.8 Å². The van der Waals surface area contributed by atoms with E-state index in [1.807, 2.05) is 42.5 Å². The number of rotatable bonds is 10. The molecule has 0 spiro atoms. The molecule has 3 aromatic carbocycles. The first-order valence-corrected chi connectivity index (χ1v) is 16.6. The topological polar surface area (TPSA) is 59.1 Å². The van der Waals surface area contributed by atoms with Gasteiger partial charge in [0, 0.05) is 41.6 Å². The molecule has 2 aliphatic heterocycles. The van der Waals surface area contributed by atoms with Crippen LogP contribution in [0, 0.1) is 0 Å². The van der Waals surface area contributed by atoms with E-state index in [1.54, 1.807) is 13.3 Å². The average molecular weight is 609 g/mol. The molecule has 7 heteroatoms. The van der Waals surface area contributed by atoms with Gasteiger partial charge in [-0.25, -0.2) is 0 Å². The Morgan fingerprint density at radius 2 is 1.49 bits per heavy atom. The molecule has 0 amide bonds. The van der Waals surface area contributed by atoms with Crippen LogP contribution in [-0.4, -0.2) is 67.3 Å². The minimum absolute atomic E-state index is 0.136. The third kappa shape index (κ3) is 7.89. The highest BCUT2D eigenvalue weighted by Gasteiger charge is 2.25. The van der Waals surface area contributed by atoms with Crippen molar-refractivity contribution in [3.05, 3.63) is 78.5 Å². The van der Waals surface area contributed by atoms with Gasteiger partial charge in [0.15, 0.2) is 11.5 Å². The van der Waals surface area contributed by atoms with Crippen LogP contribution in [0.4, 0.5) is 11.4 Å². The highest BCUT2D eigenvalue weighted by Crippen LogP contribution is 2.37. The average Bonchev–Trinajstić information content (AvgIpc) is 3.06. The van der Waals surface area contributed by atoms with Gasteiger partial charge in [0.05, 0.1) is 12.6 Å². The number of nitrogens with one attached hydrogen (secondary N) is 1. The fourth-order valence-corrected chi connectivity index (χ4v) is 6.52. The number of nitrogens with zero attached hydrogens (tertiary/aromatic N) is 3. The lowest BCUT2D eigenvalue weighted by atomic mass is 9.87. The van der Waals surface area contributed by atoms with Crippen molar-refractivity contribution < 1.29 is 14.2 Å². The molecule has 1 aromatic heterocycles. The highest BCUT2D eigenvalue weighted by molar-refractivity contribution is 5.88. The van der Waals surface area contributed by atoms with Crippen LogP contribution in [0.2, 0.25) is 0 Å². The molecule has 0 saturated carbocycles. The SMILES string of the molecule is COc1cc2c(Oc3ccc(Nc4ccc(C(C)(C)C)cc4)cc3)ccnc2cc1OCCN1CCC(N2CCCCC2)CC1. The first-order chi connectivity index (χ1) is 21.9. The summed E-state index contributed by atoms with van der Waals surface area (Å²) in [5.41, 5.74) is 4.31. The van der Waals surface area contributed by atoms with Crippen LogP contribution in [0.25, 0.3) is 10.9 Å². The van der Waals surface area contributed by atoms with Gasteiger partial charge in [0.1, 0.15) is 18.1 Å². The van der Waals surface area contributed by atoms with E-state index in [2.05, 4.69) is 65.1 Å². The zero-order valence-corrected chi connectivity index (χ0v) is 27.4. The molecule has 0 radical (unpaired) electrons. The quantitative estimate of drug-likeness (QED) is 0.194. The van der Waals surface area contributed by atoms with E-state index in [0.29, 0.717) is 18.1 Å². The molecular weight excluding hydrogens is 560 g/mol. The van der Waals surface area contributed by atoms with Crippen LogP contribution in [-0.2, 0) is 5.41 Å². The summed E-state index contributed by atoms with van der Waals surface area (Å²) < 4.78 is 18.3. The summed E-state index contributed by atoms with van der Waals surface area (Å²) in [4.78, 5) is 9.87. The maximum atomic E-state index is 6.33. The molecule has 1 N–H and O–H groups in total. The maximum absolute atomic E-state index is 6.33. The van der Waals surface area contributed by atoms with E-state index < -0.39 is 0 Å². The minimum atomic E-state index is 0.136. The number of fused-ring (bicyclic) bond motifs is 1. The van der Waals surface area contributed by atoms with Gasteiger partial charge < -0.3 is 24.4 Å². The minimum Gasteiger partial charge on any atom is -0.493 e. The van der Waals surface area contributed by atoms with Crippen molar-refractivity contribution in [3.63, 3.8) is 0 Å². The fraction of sp³-hybridized carbons (Fsp3) is 0.447. The third-order valence-corrected chi connectivity index (χ3v) is 9.24. The van der Waals surface area contributed by atoms with Crippen LogP contribution in [0.3, 0.4) is 0 Å². The largest absolute Gasteiger partial charge is 0.493 e. The Kier molecular flexibility index (Phi) is 9.76. The van der Waals surface area contributed by atoms with Gasteiger partial charge in [-0.2, -0.15) is 0 Å². The Labute approximate surface area is 268 Å². The monoisotopic (exact) mass is 608 g/mol. The van der Waals surface area contributed by atoms with Gasteiger partial charge in [-0.15, -0.1) is 0 Å². The second-order valence-corrected chi connectivity index (χ2v) is 13.4. The molecule has 2 fully saturated rings. The first kappa shape index (κ1) is 31.2. The van der Waals surface area contributed by atoms with Crippen molar-refractivity contribution in [1.82, 2.24) is 14.8 Å². The van der Waals surface area contributed by atoms with Crippen molar-refractivity contribution in [1.29, 1.82) is 0 Å². The highest BCUT2D eigenvalue weighted by atomic mass is 16.5. The van der Waals surface area contributed by atoms with E-state index in [0.717, 1.165) is 59.5 Å². The smallest absolute Gasteiger partial charge is 0.163 e.